The Kier molecular flexibility index (Phi) is 3.25. The Labute approximate surface area is 121 Å². The second-order valence-corrected chi connectivity index (χ2v) is 5.62. The second kappa shape index (κ2) is 4.94. The fourth-order valence-corrected chi connectivity index (χ4v) is 2.42. The van der Waals surface area contributed by atoms with Gasteiger partial charge in [0, 0.05) is 19.3 Å². The first-order valence-corrected chi connectivity index (χ1v) is 6.93. The number of carbonyl (C=O) groups excluding carboxylic acids is 1. The summed E-state index contributed by atoms with van der Waals surface area (Å²) in [7, 11) is 1.74. The van der Waals surface area contributed by atoms with Crippen molar-refractivity contribution in [3.8, 4) is 0 Å². The maximum atomic E-state index is 12.5. The molecule has 1 saturated carbocycles. The molecular weight excluding hydrogens is 278 g/mol. The zero-order chi connectivity index (χ0) is 14.3. The quantitative estimate of drug-likeness (QED) is 0.939. The van der Waals surface area contributed by atoms with Crippen molar-refractivity contribution in [3.05, 3.63) is 34.6 Å². The molecule has 1 N–H and O–H groups in total. The first-order valence-electron chi connectivity index (χ1n) is 6.55. The van der Waals surface area contributed by atoms with Crippen LogP contribution in [0.5, 0.6) is 0 Å². The Morgan fingerprint density at radius 1 is 1.60 bits per heavy atom. The number of amides is 1. The van der Waals surface area contributed by atoms with E-state index in [0.717, 1.165) is 18.7 Å². The number of hydrogen-bond acceptors (Lipinski definition) is 3. The third-order valence-corrected chi connectivity index (χ3v) is 3.55. The van der Waals surface area contributed by atoms with Crippen LogP contribution in [0, 0.1) is 6.92 Å². The third kappa shape index (κ3) is 2.56. The summed E-state index contributed by atoms with van der Waals surface area (Å²) in [6.45, 7) is 2.20. The smallest absolute Gasteiger partial charge is 0.270 e. The van der Waals surface area contributed by atoms with E-state index in [1.54, 1.807) is 18.0 Å². The lowest BCUT2D eigenvalue weighted by molar-refractivity contribution is 0.0770. The molecule has 2 aromatic rings. The molecule has 3 rings (SSSR count). The van der Waals surface area contributed by atoms with E-state index in [-0.39, 0.29) is 5.91 Å². The standard InChI is InChI=1S/C13H16ClN5O/c1-8-15-12(17-16-8)7-18(2)13(20)11-5-9(14)6-19(11)10-3-4-10/h5-6,10H,3-4,7H2,1-2H3,(H,15,16,17). The summed E-state index contributed by atoms with van der Waals surface area (Å²) >= 11 is 6.03. The van der Waals surface area contributed by atoms with E-state index < -0.39 is 0 Å². The largest absolute Gasteiger partial charge is 0.339 e. The molecule has 0 aromatic carbocycles. The lowest BCUT2D eigenvalue weighted by atomic mass is 10.3. The van der Waals surface area contributed by atoms with Crippen molar-refractivity contribution in [1.82, 2.24) is 24.6 Å². The van der Waals surface area contributed by atoms with E-state index in [2.05, 4.69) is 15.2 Å². The van der Waals surface area contributed by atoms with Crippen LogP contribution >= 0.6 is 11.6 Å². The highest BCUT2D eigenvalue weighted by molar-refractivity contribution is 6.31. The van der Waals surface area contributed by atoms with Crippen molar-refractivity contribution < 1.29 is 4.79 Å². The lowest BCUT2D eigenvalue weighted by Gasteiger charge is -2.16. The van der Waals surface area contributed by atoms with Gasteiger partial charge in [-0.3, -0.25) is 9.89 Å². The number of aromatic nitrogens is 4. The predicted octanol–water partition coefficient (Wildman–Crippen LogP) is 2.18. The highest BCUT2D eigenvalue weighted by Gasteiger charge is 2.29. The Bertz CT molecular complexity index is 643. The van der Waals surface area contributed by atoms with Crippen LogP contribution in [-0.2, 0) is 6.54 Å². The van der Waals surface area contributed by atoms with Gasteiger partial charge >= 0.3 is 0 Å². The van der Waals surface area contributed by atoms with Crippen molar-refractivity contribution in [2.24, 2.45) is 0 Å². The van der Waals surface area contributed by atoms with Gasteiger partial charge in [-0.05, 0) is 25.8 Å². The average molecular weight is 294 g/mol. The predicted molar refractivity (Wildman–Crippen MR) is 74.6 cm³/mol. The molecule has 2 heterocycles. The summed E-state index contributed by atoms with van der Waals surface area (Å²) in [6, 6.07) is 2.14. The van der Waals surface area contributed by atoms with Gasteiger partial charge in [0.05, 0.1) is 11.6 Å². The molecule has 7 heteroatoms. The first kappa shape index (κ1) is 13.2. The molecule has 0 unspecified atom stereocenters. The van der Waals surface area contributed by atoms with Gasteiger partial charge in [-0.15, -0.1) is 0 Å². The van der Waals surface area contributed by atoms with Gasteiger partial charge in [-0.1, -0.05) is 11.6 Å². The fraction of sp³-hybridized carbons (Fsp3) is 0.462. The first-order chi connectivity index (χ1) is 9.54. The number of hydrogen-bond donors (Lipinski definition) is 1. The second-order valence-electron chi connectivity index (χ2n) is 5.18. The van der Waals surface area contributed by atoms with E-state index >= 15 is 0 Å². The monoisotopic (exact) mass is 293 g/mol. The minimum absolute atomic E-state index is 0.0637. The molecule has 2 aromatic heterocycles. The molecule has 106 valence electrons. The topological polar surface area (TPSA) is 66.8 Å². The van der Waals surface area contributed by atoms with Crippen LogP contribution < -0.4 is 0 Å². The number of carbonyl (C=O) groups is 1. The minimum Gasteiger partial charge on any atom is -0.339 e. The Morgan fingerprint density at radius 2 is 2.35 bits per heavy atom. The van der Waals surface area contributed by atoms with Crippen molar-refractivity contribution in [2.75, 3.05) is 7.05 Å². The molecule has 1 fully saturated rings. The van der Waals surface area contributed by atoms with Crippen LogP contribution in [0.2, 0.25) is 5.02 Å². The SMILES string of the molecule is Cc1nc(CN(C)C(=O)c2cc(Cl)cn2C2CC2)n[nH]1. The maximum absolute atomic E-state index is 12.5. The molecule has 0 atom stereocenters. The van der Waals surface area contributed by atoms with Crippen molar-refractivity contribution in [2.45, 2.75) is 32.4 Å². The van der Waals surface area contributed by atoms with E-state index in [9.17, 15) is 4.79 Å². The van der Waals surface area contributed by atoms with Gasteiger partial charge in [0.15, 0.2) is 5.82 Å². The van der Waals surface area contributed by atoms with E-state index in [1.165, 1.54) is 0 Å². The maximum Gasteiger partial charge on any atom is 0.270 e. The van der Waals surface area contributed by atoms with Gasteiger partial charge in [0.2, 0.25) is 0 Å². The molecule has 6 nitrogen and oxygen atoms in total. The molecule has 0 saturated heterocycles. The van der Waals surface area contributed by atoms with Crippen LogP contribution in [0.3, 0.4) is 0 Å². The molecule has 0 aliphatic heterocycles. The Morgan fingerprint density at radius 3 is 2.95 bits per heavy atom. The van der Waals surface area contributed by atoms with Gasteiger partial charge in [0.25, 0.3) is 5.91 Å². The van der Waals surface area contributed by atoms with E-state index in [0.29, 0.717) is 29.1 Å². The Balaban J connectivity index is 1.77. The number of halogens is 1. The highest BCUT2D eigenvalue weighted by atomic mass is 35.5. The van der Waals surface area contributed by atoms with Gasteiger partial charge in [-0.25, -0.2) is 4.98 Å². The van der Waals surface area contributed by atoms with E-state index in [4.69, 9.17) is 11.6 Å². The van der Waals surface area contributed by atoms with Gasteiger partial charge < -0.3 is 9.47 Å². The molecular formula is C13H16ClN5O. The summed E-state index contributed by atoms with van der Waals surface area (Å²) in [6.07, 6.45) is 4.04. The molecule has 20 heavy (non-hydrogen) atoms. The number of H-pyrrole nitrogens is 1. The van der Waals surface area contributed by atoms with Crippen LogP contribution in [0.25, 0.3) is 0 Å². The number of aryl methyl sites for hydroxylation is 1. The summed E-state index contributed by atoms with van der Waals surface area (Å²) in [5.74, 6) is 1.28. The van der Waals surface area contributed by atoms with Crippen LogP contribution in [0.1, 0.15) is 41.0 Å². The zero-order valence-corrected chi connectivity index (χ0v) is 12.2. The summed E-state index contributed by atoms with van der Waals surface area (Å²) in [5, 5.41) is 7.41. The fourth-order valence-electron chi connectivity index (χ4n) is 2.21. The molecule has 1 amide bonds. The Hall–Kier alpha value is -1.82. The van der Waals surface area contributed by atoms with Crippen molar-refractivity contribution in [1.29, 1.82) is 0 Å². The number of nitrogens with zero attached hydrogens (tertiary/aromatic N) is 4. The van der Waals surface area contributed by atoms with Crippen LogP contribution in [-0.4, -0.2) is 37.6 Å². The highest BCUT2D eigenvalue weighted by Crippen LogP contribution is 2.37. The molecule has 0 bridgehead atoms. The molecule has 0 radical (unpaired) electrons. The third-order valence-electron chi connectivity index (χ3n) is 3.34. The normalized spacial score (nSPS) is 14.6. The average Bonchev–Trinajstić information content (AvgIpc) is 3.07. The zero-order valence-electron chi connectivity index (χ0n) is 11.4. The number of aromatic amines is 1. The molecule has 0 spiro atoms. The lowest BCUT2D eigenvalue weighted by Crippen LogP contribution is -2.28. The molecule has 1 aliphatic carbocycles. The summed E-state index contributed by atoms with van der Waals surface area (Å²) < 4.78 is 1.98. The van der Waals surface area contributed by atoms with Crippen molar-refractivity contribution >= 4 is 17.5 Å². The van der Waals surface area contributed by atoms with Gasteiger partial charge in [-0.2, -0.15) is 5.10 Å². The number of rotatable bonds is 4. The molecule has 1 aliphatic rings. The van der Waals surface area contributed by atoms with E-state index in [1.807, 2.05) is 17.7 Å². The van der Waals surface area contributed by atoms with Gasteiger partial charge in [0.1, 0.15) is 11.5 Å². The summed E-state index contributed by atoms with van der Waals surface area (Å²) in [5.41, 5.74) is 0.632. The minimum atomic E-state index is -0.0637. The van der Waals surface area contributed by atoms with Crippen molar-refractivity contribution in [3.63, 3.8) is 0 Å². The van der Waals surface area contributed by atoms with Crippen LogP contribution in [0.15, 0.2) is 12.3 Å². The van der Waals surface area contributed by atoms with Crippen LogP contribution in [0.4, 0.5) is 0 Å². The summed E-state index contributed by atoms with van der Waals surface area (Å²) in [4.78, 5) is 18.3. The number of nitrogens with one attached hydrogen (secondary N) is 1.